The van der Waals surface area contributed by atoms with Crippen LogP contribution >= 0.6 is 11.8 Å². The van der Waals surface area contributed by atoms with Crippen molar-refractivity contribution in [1.29, 1.82) is 0 Å². The number of hydrogen-bond acceptors (Lipinski definition) is 5. The number of nitrogens with zero attached hydrogens (tertiary/aromatic N) is 3. The average molecular weight is 433 g/mol. The minimum Gasteiger partial charge on any atom is -0.322 e. The second-order valence-corrected chi connectivity index (χ2v) is 8.75. The van der Waals surface area contributed by atoms with Gasteiger partial charge in [0.2, 0.25) is 0 Å². The van der Waals surface area contributed by atoms with E-state index in [-0.39, 0.29) is 5.91 Å². The molecule has 1 aliphatic heterocycles. The van der Waals surface area contributed by atoms with Crippen molar-refractivity contribution >= 4 is 23.4 Å². The number of rotatable bonds is 7. The summed E-state index contributed by atoms with van der Waals surface area (Å²) in [7, 11) is 0. The van der Waals surface area contributed by atoms with Crippen molar-refractivity contribution in [2.24, 2.45) is 0 Å². The molecule has 0 unspecified atom stereocenters. The number of carbonyl (C=O) groups is 1. The van der Waals surface area contributed by atoms with Crippen LogP contribution in [-0.4, -0.2) is 53.4 Å². The Bertz CT molecular complexity index is 969. The van der Waals surface area contributed by atoms with Gasteiger partial charge in [-0.05, 0) is 60.6 Å². The lowest BCUT2D eigenvalue weighted by atomic mass is 10.1. The topological polar surface area (TPSA) is 48.5 Å². The molecule has 1 aliphatic rings. The summed E-state index contributed by atoms with van der Waals surface area (Å²) in [4.78, 5) is 22.9. The van der Waals surface area contributed by atoms with Gasteiger partial charge >= 0.3 is 0 Å². The molecule has 1 N–H and O–H groups in total. The molecule has 0 saturated carbocycles. The smallest absolute Gasteiger partial charge is 0.255 e. The molecule has 4 rings (SSSR count). The number of anilines is 1. The fourth-order valence-electron chi connectivity index (χ4n) is 3.62. The van der Waals surface area contributed by atoms with Crippen molar-refractivity contribution in [1.82, 2.24) is 14.8 Å². The Hall–Kier alpha value is -2.67. The number of nitrogens with one attached hydrogen (secondary N) is 1. The minimum atomic E-state index is -0.0992. The van der Waals surface area contributed by atoms with E-state index in [0.717, 1.165) is 54.9 Å². The van der Waals surface area contributed by atoms with E-state index in [1.165, 1.54) is 5.56 Å². The fraction of sp³-hybridized carbons (Fsp3) is 0.280. The zero-order valence-electron chi connectivity index (χ0n) is 17.8. The number of hydrogen-bond donors (Lipinski definition) is 1. The summed E-state index contributed by atoms with van der Waals surface area (Å²) in [5.41, 5.74) is 2.73. The Labute approximate surface area is 188 Å². The van der Waals surface area contributed by atoms with Crippen LogP contribution in [0.25, 0.3) is 0 Å². The first-order valence-corrected chi connectivity index (χ1v) is 11.6. The van der Waals surface area contributed by atoms with Gasteiger partial charge in [-0.2, -0.15) is 0 Å². The molecule has 0 spiro atoms. The monoisotopic (exact) mass is 432 g/mol. The Morgan fingerprint density at radius 2 is 1.65 bits per heavy atom. The number of benzene rings is 2. The van der Waals surface area contributed by atoms with Crippen LogP contribution in [-0.2, 0) is 6.54 Å². The molecule has 0 bridgehead atoms. The molecule has 5 nitrogen and oxygen atoms in total. The molecule has 2 aromatic carbocycles. The highest BCUT2D eigenvalue weighted by molar-refractivity contribution is 7.99. The van der Waals surface area contributed by atoms with E-state index in [0.29, 0.717) is 5.56 Å². The summed E-state index contributed by atoms with van der Waals surface area (Å²) < 4.78 is 0. The van der Waals surface area contributed by atoms with Crippen molar-refractivity contribution in [3.05, 3.63) is 84.1 Å². The Morgan fingerprint density at radius 3 is 2.29 bits per heavy atom. The third-order valence-electron chi connectivity index (χ3n) is 5.51. The highest BCUT2D eigenvalue weighted by Crippen LogP contribution is 2.25. The number of aromatic nitrogens is 1. The minimum absolute atomic E-state index is 0.0992. The molecule has 1 amide bonds. The third-order valence-corrected chi connectivity index (χ3v) is 6.47. The Kier molecular flexibility index (Phi) is 7.35. The average Bonchev–Trinajstić information content (AvgIpc) is 2.82. The second kappa shape index (κ2) is 10.6. The largest absolute Gasteiger partial charge is 0.322 e. The van der Waals surface area contributed by atoms with Crippen molar-refractivity contribution in [3.63, 3.8) is 0 Å². The summed E-state index contributed by atoms with van der Waals surface area (Å²) in [6.07, 6.45) is 1.78. The lowest BCUT2D eigenvalue weighted by Gasteiger charge is -2.34. The van der Waals surface area contributed by atoms with Gasteiger partial charge in [-0.3, -0.25) is 9.69 Å². The van der Waals surface area contributed by atoms with E-state index in [1.54, 1.807) is 18.0 Å². The van der Waals surface area contributed by atoms with E-state index in [1.807, 2.05) is 54.6 Å². The van der Waals surface area contributed by atoms with Gasteiger partial charge in [0.1, 0.15) is 5.03 Å². The fourth-order valence-corrected chi connectivity index (χ4v) is 4.39. The van der Waals surface area contributed by atoms with Crippen LogP contribution in [0.1, 0.15) is 22.8 Å². The SMILES string of the molecule is CCN1CCN(Cc2ccc(NC(=O)c3ccc(Sc4ccccn4)cc3)cc2)CC1. The van der Waals surface area contributed by atoms with Crippen molar-refractivity contribution < 1.29 is 4.79 Å². The van der Waals surface area contributed by atoms with Gasteiger partial charge in [-0.25, -0.2) is 4.98 Å². The maximum atomic E-state index is 12.6. The molecule has 1 fully saturated rings. The molecule has 1 saturated heterocycles. The van der Waals surface area contributed by atoms with Crippen molar-refractivity contribution in [2.45, 2.75) is 23.4 Å². The summed E-state index contributed by atoms with van der Waals surface area (Å²) in [6.45, 7) is 8.82. The molecular formula is C25H28N4OS. The van der Waals surface area contributed by atoms with E-state index >= 15 is 0 Å². The van der Waals surface area contributed by atoms with Gasteiger partial charge in [0.05, 0.1) is 0 Å². The Balaban J connectivity index is 1.29. The lowest BCUT2D eigenvalue weighted by Crippen LogP contribution is -2.45. The number of pyridine rings is 1. The van der Waals surface area contributed by atoms with Crippen LogP contribution in [0.15, 0.2) is 82.8 Å². The standard InChI is InChI=1S/C25H28N4OS/c1-2-28-15-17-29(18-16-28)19-20-6-10-22(11-7-20)27-25(30)21-8-12-23(13-9-21)31-24-5-3-4-14-26-24/h3-14H,2,15-19H2,1H3,(H,27,30). The zero-order valence-corrected chi connectivity index (χ0v) is 18.6. The van der Waals surface area contributed by atoms with E-state index < -0.39 is 0 Å². The molecule has 6 heteroatoms. The summed E-state index contributed by atoms with van der Waals surface area (Å²) in [5.74, 6) is -0.0992. The molecule has 160 valence electrons. The predicted molar refractivity (Wildman–Crippen MR) is 127 cm³/mol. The maximum Gasteiger partial charge on any atom is 0.255 e. The van der Waals surface area contributed by atoms with Gasteiger partial charge in [-0.1, -0.05) is 36.9 Å². The van der Waals surface area contributed by atoms with Crippen LogP contribution in [0.5, 0.6) is 0 Å². The molecule has 1 aromatic heterocycles. The molecule has 3 aromatic rings. The summed E-state index contributed by atoms with van der Waals surface area (Å²) in [5, 5.41) is 3.93. The van der Waals surface area contributed by atoms with Gasteiger partial charge in [0.25, 0.3) is 5.91 Å². The van der Waals surface area contributed by atoms with Crippen LogP contribution in [0.3, 0.4) is 0 Å². The first-order chi connectivity index (χ1) is 15.2. The summed E-state index contributed by atoms with van der Waals surface area (Å²) in [6, 6.07) is 21.6. The Morgan fingerprint density at radius 1 is 0.935 bits per heavy atom. The van der Waals surface area contributed by atoms with Crippen molar-refractivity contribution in [3.8, 4) is 0 Å². The van der Waals surface area contributed by atoms with Crippen molar-refractivity contribution in [2.75, 3.05) is 38.0 Å². The molecule has 0 aliphatic carbocycles. The molecule has 0 atom stereocenters. The van der Waals surface area contributed by atoms with Crippen LogP contribution in [0.4, 0.5) is 5.69 Å². The molecule has 2 heterocycles. The normalized spacial score (nSPS) is 15.0. The molecule has 31 heavy (non-hydrogen) atoms. The second-order valence-electron chi connectivity index (χ2n) is 7.66. The predicted octanol–water partition coefficient (Wildman–Crippen LogP) is 4.62. The molecular weight excluding hydrogens is 404 g/mol. The maximum absolute atomic E-state index is 12.6. The quantitative estimate of drug-likeness (QED) is 0.590. The lowest BCUT2D eigenvalue weighted by molar-refractivity contribution is 0.102. The number of amides is 1. The summed E-state index contributed by atoms with van der Waals surface area (Å²) >= 11 is 1.58. The number of likely N-dealkylation sites (N-methyl/N-ethyl adjacent to an activating group) is 1. The molecule has 0 radical (unpaired) electrons. The van der Waals surface area contributed by atoms with Crippen LogP contribution < -0.4 is 5.32 Å². The number of piperazine rings is 1. The van der Waals surface area contributed by atoms with E-state index in [2.05, 4.69) is 39.2 Å². The first-order valence-electron chi connectivity index (χ1n) is 10.7. The van der Waals surface area contributed by atoms with Gasteiger partial charge in [-0.15, -0.1) is 0 Å². The zero-order chi connectivity index (χ0) is 21.5. The van der Waals surface area contributed by atoms with Gasteiger partial charge in [0, 0.05) is 55.1 Å². The highest BCUT2D eigenvalue weighted by atomic mass is 32.2. The van der Waals surface area contributed by atoms with E-state index in [9.17, 15) is 4.79 Å². The number of carbonyl (C=O) groups excluding carboxylic acids is 1. The van der Waals surface area contributed by atoms with E-state index in [4.69, 9.17) is 0 Å². The van der Waals surface area contributed by atoms with Crippen LogP contribution in [0, 0.1) is 0 Å². The first kappa shape index (κ1) is 21.6. The van der Waals surface area contributed by atoms with Gasteiger partial charge in [0.15, 0.2) is 0 Å². The van der Waals surface area contributed by atoms with Gasteiger partial charge < -0.3 is 10.2 Å². The van der Waals surface area contributed by atoms with Crippen LogP contribution in [0.2, 0.25) is 0 Å². The third kappa shape index (κ3) is 6.17. The highest BCUT2D eigenvalue weighted by Gasteiger charge is 2.15.